The van der Waals surface area contributed by atoms with Gasteiger partial charge >= 0.3 is 0 Å². The molecule has 2 unspecified atom stereocenters. The summed E-state index contributed by atoms with van der Waals surface area (Å²) < 4.78 is 25.6. The van der Waals surface area contributed by atoms with Crippen LogP contribution in [-0.4, -0.2) is 6.04 Å². The molecule has 102 valence electrons. The van der Waals surface area contributed by atoms with Crippen molar-refractivity contribution in [3.8, 4) is 5.75 Å². The molecule has 0 radical (unpaired) electrons. The van der Waals surface area contributed by atoms with Crippen molar-refractivity contribution in [1.82, 2.24) is 0 Å². The molecular weight excluding hydrogens is 313 g/mol. The minimum absolute atomic E-state index is 0.144. The molecule has 1 aromatic carbocycles. The highest BCUT2D eigenvalue weighted by Crippen LogP contribution is 2.29. The summed E-state index contributed by atoms with van der Waals surface area (Å²) in [4.78, 5) is 0. The van der Waals surface area contributed by atoms with E-state index in [2.05, 4.69) is 15.9 Å². The topological polar surface area (TPSA) is 48.4 Å². The standard InChI is InChI=1S/C14H15BrFNO2/c1-8-3-6-12(18-8)14(9(2)17)19-13-7-10(15)4-5-11(13)16/h3-7,9,14H,17H2,1-2H3. The number of hydrogen-bond donors (Lipinski definition) is 1. The van der Waals surface area contributed by atoms with Crippen LogP contribution in [0.15, 0.2) is 39.2 Å². The summed E-state index contributed by atoms with van der Waals surface area (Å²) in [7, 11) is 0. The van der Waals surface area contributed by atoms with Crippen LogP contribution in [0, 0.1) is 12.7 Å². The van der Waals surface area contributed by atoms with Gasteiger partial charge in [-0.25, -0.2) is 4.39 Å². The van der Waals surface area contributed by atoms with Crippen molar-refractivity contribution in [2.24, 2.45) is 5.73 Å². The Balaban J connectivity index is 2.29. The van der Waals surface area contributed by atoms with E-state index in [9.17, 15) is 4.39 Å². The highest BCUT2D eigenvalue weighted by molar-refractivity contribution is 9.10. The van der Waals surface area contributed by atoms with Gasteiger partial charge < -0.3 is 14.9 Å². The van der Waals surface area contributed by atoms with E-state index in [1.165, 1.54) is 6.07 Å². The molecule has 2 rings (SSSR count). The first-order valence-corrected chi connectivity index (χ1v) is 6.70. The molecule has 0 amide bonds. The average molecular weight is 328 g/mol. The Labute approximate surface area is 119 Å². The Bertz CT molecular complexity index is 568. The van der Waals surface area contributed by atoms with Gasteiger partial charge in [-0.05, 0) is 44.2 Å². The van der Waals surface area contributed by atoms with Crippen molar-refractivity contribution in [3.05, 3.63) is 52.1 Å². The maximum absolute atomic E-state index is 13.7. The molecule has 2 N–H and O–H groups in total. The van der Waals surface area contributed by atoms with Crippen molar-refractivity contribution >= 4 is 15.9 Å². The summed E-state index contributed by atoms with van der Waals surface area (Å²) in [5.41, 5.74) is 5.89. The van der Waals surface area contributed by atoms with Gasteiger partial charge in [-0.3, -0.25) is 0 Å². The fourth-order valence-corrected chi connectivity index (χ4v) is 2.08. The molecule has 0 spiro atoms. The number of furan rings is 1. The van der Waals surface area contributed by atoms with E-state index in [-0.39, 0.29) is 11.8 Å². The maximum atomic E-state index is 13.7. The van der Waals surface area contributed by atoms with E-state index in [4.69, 9.17) is 14.9 Å². The molecule has 0 aliphatic rings. The van der Waals surface area contributed by atoms with Crippen LogP contribution in [0.5, 0.6) is 5.75 Å². The normalized spacial score (nSPS) is 14.2. The second-order valence-corrected chi connectivity index (χ2v) is 5.34. The third-order valence-electron chi connectivity index (χ3n) is 2.67. The van der Waals surface area contributed by atoms with E-state index in [1.807, 2.05) is 13.0 Å². The first-order valence-electron chi connectivity index (χ1n) is 5.91. The largest absolute Gasteiger partial charge is 0.478 e. The zero-order valence-corrected chi connectivity index (χ0v) is 12.3. The van der Waals surface area contributed by atoms with Crippen molar-refractivity contribution in [1.29, 1.82) is 0 Å². The van der Waals surface area contributed by atoms with Gasteiger partial charge in [0.05, 0.1) is 0 Å². The van der Waals surface area contributed by atoms with Crippen LogP contribution in [0.3, 0.4) is 0 Å². The zero-order chi connectivity index (χ0) is 14.0. The third kappa shape index (κ3) is 3.36. The van der Waals surface area contributed by atoms with Gasteiger partial charge in [-0.1, -0.05) is 15.9 Å². The minimum atomic E-state index is -0.530. The molecule has 0 aliphatic carbocycles. The first kappa shape index (κ1) is 14.1. The van der Waals surface area contributed by atoms with Crippen molar-refractivity contribution in [2.45, 2.75) is 26.0 Å². The smallest absolute Gasteiger partial charge is 0.171 e. The summed E-state index contributed by atoms with van der Waals surface area (Å²) in [5, 5.41) is 0. The number of aryl methyl sites for hydroxylation is 1. The summed E-state index contributed by atoms with van der Waals surface area (Å²) in [5.74, 6) is 1.06. The summed E-state index contributed by atoms with van der Waals surface area (Å²) >= 11 is 3.28. The number of nitrogens with two attached hydrogens (primary N) is 1. The van der Waals surface area contributed by atoms with E-state index in [1.54, 1.807) is 25.1 Å². The molecular formula is C14H15BrFNO2. The third-order valence-corrected chi connectivity index (χ3v) is 3.16. The lowest BCUT2D eigenvalue weighted by atomic mass is 10.1. The molecule has 3 nitrogen and oxygen atoms in total. The SMILES string of the molecule is Cc1ccc(C(Oc2cc(Br)ccc2F)C(C)N)o1. The predicted molar refractivity (Wildman–Crippen MR) is 74.6 cm³/mol. The molecule has 5 heteroatoms. The lowest BCUT2D eigenvalue weighted by Gasteiger charge is -2.21. The van der Waals surface area contributed by atoms with Crippen LogP contribution in [0.2, 0.25) is 0 Å². The van der Waals surface area contributed by atoms with E-state index in [0.717, 1.165) is 10.2 Å². The number of halogens is 2. The van der Waals surface area contributed by atoms with Crippen LogP contribution >= 0.6 is 15.9 Å². The van der Waals surface area contributed by atoms with Gasteiger partial charge in [0.2, 0.25) is 0 Å². The highest BCUT2D eigenvalue weighted by Gasteiger charge is 2.23. The minimum Gasteiger partial charge on any atom is -0.478 e. The number of benzene rings is 1. The fourth-order valence-electron chi connectivity index (χ4n) is 1.74. The van der Waals surface area contributed by atoms with Crippen molar-refractivity contribution < 1.29 is 13.5 Å². The molecule has 2 aromatic rings. The quantitative estimate of drug-likeness (QED) is 0.924. The van der Waals surface area contributed by atoms with Crippen LogP contribution in [0.25, 0.3) is 0 Å². The second-order valence-electron chi connectivity index (χ2n) is 4.42. The van der Waals surface area contributed by atoms with Crippen molar-refractivity contribution in [3.63, 3.8) is 0 Å². The average Bonchev–Trinajstić information content (AvgIpc) is 2.76. The molecule has 0 bridgehead atoms. The Kier molecular flexibility index (Phi) is 4.27. The lowest BCUT2D eigenvalue weighted by molar-refractivity contribution is 0.145. The van der Waals surface area contributed by atoms with Gasteiger partial charge in [0, 0.05) is 10.5 Å². The van der Waals surface area contributed by atoms with Crippen LogP contribution in [0.1, 0.15) is 24.5 Å². The van der Waals surface area contributed by atoms with Crippen molar-refractivity contribution in [2.75, 3.05) is 0 Å². The molecule has 0 saturated carbocycles. The van der Waals surface area contributed by atoms with Gasteiger partial charge in [-0.15, -0.1) is 0 Å². The van der Waals surface area contributed by atoms with Crippen LogP contribution in [0.4, 0.5) is 4.39 Å². The van der Waals surface area contributed by atoms with Crippen LogP contribution < -0.4 is 10.5 Å². The van der Waals surface area contributed by atoms with Gasteiger partial charge in [0.25, 0.3) is 0 Å². The summed E-state index contributed by atoms with van der Waals surface area (Å²) in [6.45, 7) is 3.62. The molecule has 0 saturated heterocycles. The Morgan fingerprint density at radius 1 is 1.32 bits per heavy atom. The summed E-state index contributed by atoms with van der Waals surface area (Å²) in [6.07, 6.45) is -0.530. The second kappa shape index (κ2) is 5.75. The first-order chi connectivity index (χ1) is 8.97. The summed E-state index contributed by atoms with van der Waals surface area (Å²) in [6, 6.07) is 7.81. The van der Waals surface area contributed by atoms with E-state index >= 15 is 0 Å². The maximum Gasteiger partial charge on any atom is 0.171 e. The fraction of sp³-hybridized carbons (Fsp3) is 0.286. The van der Waals surface area contributed by atoms with Crippen LogP contribution in [-0.2, 0) is 0 Å². The molecule has 19 heavy (non-hydrogen) atoms. The van der Waals surface area contributed by atoms with E-state index in [0.29, 0.717) is 5.76 Å². The number of hydrogen-bond acceptors (Lipinski definition) is 3. The molecule has 0 fully saturated rings. The zero-order valence-electron chi connectivity index (χ0n) is 10.7. The molecule has 1 aromatic heterocycles. The Hall–Kier alpha value is -1.33. The predicted octanol–water partition coefficient (Wildman–Crippen LogP) is 3.96. The van der Waals surface area contributed by atoms with Gasteiger partial charge in [0.15, 0.2) is 17.7 Å². The van der Waals surface area contributed by atoms with E-state index < -0.39 is 11.9 Å². The number of rotatable bonds is 4. The lowest BCUT2D eigenvalue weighted by Crippen LogP contribution is -2.29. The highest BCUT2D eigenvalue weighted by atomic mass is 79.9. The number of ether oxygens (including phenoxy) is 1. The monoisotopic (exact) mass is 327 g/mol. The molecule has 2 atom stereocenters. The Morgan fingerprint density at radius 3 is 2.63 bits per heavy atom. The van der Waals surface area contributed by atoms with Gasteiger partial charge in [0.1, 0.15) is 11.5 Å². The van der Waals surface area contributed by atoms with Gasteiger partial charge in [-0.2, -0.15) is 0 Å². The Morgan fingerprint density at radius 2 is 2.05 bits per heavy atom. The molecule has 1 heterocycles. The molecule has 0 aliphatic heterocycles.